The van der Waals surface area contributed by atoms with Crippen LogP contribution in [0.2, 0.25) is 0 Å². The molecule has 122 valence electrons. The van der Waals surface area contributed by atoms with Crippen molar-refractivity contribution in [3.8, 4) is 11.5 Å². The van der Waals surface area contributed by atoms with Crippen LogP contribution in [-0.4, -0.2) is 16.0 Å². The van der Waals surface area contributed by atoms with Crippen LogP contribution in [0.1, 0.15) is 24.3 Å². The van der Waals surface area contributed by atoms with Gasteiger partial charge in [-0.05, 0) is 42.5 Å². The van der Waals surface area contributed by atoms with Crippen LogP contribution < -0.4 is 15.8 Å². The number of primary amides is 1. The van der Waals surface area contributed by atoms with Gasteiger partial charge in [-0.2, -0.15) is 0 Å². The number of aromatic amines is 1. The summed E-state index contributed by atoms with van der Waals surface area (Å²) in [6, 6.07) is 5.13. The van der Waals surface area contributed by atoms with Crippen molar-refractivity contribution in [2.24, 2.45) is 5.73 Å². The third-order valence-electron chi connectivity index (χ3n) is 4.01. The Morgan fingerprint density at radius 1 is 1.38 bits per heavy atom. The first-order chi connectivity index (χ1) is 11.6. The van der Waals surface area contributed by atoms with Gasteiger partial charge in [0.2, 0.25) is 0 Å². The first-order valence-corrected chi connectivity index (χ1v) is 7.61. The number of halogens is 1. The van der Waals surface area contributed by atoms with Crippen LogP contribution in [0.5, 0.6) is 11.5 Å². The zero-order chi connectivity index (χ0) is 16.7. The number of anilines is 1. The zero-order valence-electron chi connectivity index (χ0n) is 12.7. The van der Waals surface area contributed by atoms with E-state index < -0.39 is 11.8 Å². The topological polar surface area (TPSA) is 93.0 Å². The lowest BCUT2D eigenvalue weighted by Gasteiger charge is -2.10. The van der Waals surface area contributed by atoms with Gasteiger partial charge >= 0.3 is 6.03 Å². The van der Waals surface area contributed by atoms with Crippen molar-refractivity contribution in [3.63, 3.8) is 0 Å². The molecule has 0 bridgehead atoms. The Morgan fingerprint density at radius 2 is 2.21 bits per heavy atom. The number of urea groups is 1. The predicted molar refractivity (Wildman–Crippen MR) is 87.7 cm³/mol. The first kappa shape index (κ1) is 14.5. The molecule has 1 aromatic carbocycles. The number of ether oxygens (including phenoxy) is 1. The average Bonchev–Trinajstić information content (AvgIpc) is 3.29. The number of H-pyrrole nitrogens is 1. The van der Waals surface area contributed by atoms with E-state index in [0.29, 0.717) is 17.4 Å². The summed E-state index contributed by atoms with van der Waals surface area (Å²) < 4.78 is 19.9. The van der Waals surface area contributed by atoms with Gasteiger partial charge in [-0.1, -0.05) is 0 Å². The smallest absolute Gasteiger partial charge is 0.316 e. The highest BCUT2D eigenvalue weighted by Crippen LogP contribution is 2.45. The number of carbonyl (C=O) groups is 1. The minimum Gasteiger partial charge on any atom is -0.456 e. The molecule has 0 spiro atoms. The molecule has 2 heterocycles. The monoisotopic (exact) mass is 326 g/mol. The molecule has 1 aliphatic carbocycles. The number of hydrogen-bond acceptors (Lipinski definition) is 3. The fraction of sp³-hybridized carbons (Fsp3) is 0.176. The fourth-order valence-electron chi connectivity index (χ4n) is 2.77. The number of carbonyl (C=O) groups excluding carboxylic acids is 1. The van der Waals surface area contributed by atoms with Gasteiger partial charge in [0.1, 0.15) is 23.0 Å². The van der Waals surface area contributed by atoms with Crippen molar-refractivity contribution in [2.75, 3.05) is 5.32 Å². The normalized spacial score (nSPS) is 13.9. The van der Waals surface area contributed by atoms with Crippen molar-refractivity contribution >= 4 is 22.8 Å². The second-order valence-corrected chi connectivity index (χ2v) is 5.78. The van der Waals surface area contributed by atoms with Crippen molar-refractivity contribution in [1.82, 2.24) is 9.97 Å². The summed E-state index contributed by atoms with van der Waals surface area (Å²) in [6.45, 7) is 0. The molecule has 0 atom stereocenters. The van der Waals surface area contributed by atoms with Gasteiger partial charge in [0.25, 0.3) is 0 Å². The molecule has 2 aromatic heterocycles. The van der Waals surface area contributed by atoms with E-state index in [9.17, 15) is 9.18 Å². The number of benzene rings is 1. The molecule has 1 saturated carbocycles. The van der Waals surface area contributed by atoms with Gasteiger partial charge < -0.3 is 20.8 Å². The standard InChI is InChI=1S/C17H15FN4O2/c18-12-7-10(3-4-13(12)22-17(19)23)24-14-5-6-20-16-15(14)11(8-21-16)9-1-2-9/h3-9H,1-2H2,(H,20,21)(H3,19,22,23). The van der Waals surface area contributed by atoms with E-state index in [4.69, 9.17) is 10.5 Å². The third kappa shape index (κ3) is 2.64. The Hall–Kier alpha value is -3.09. The maximum absolute atomic E-state index is 14.0. The average molecular weight is 326 g/mol. The highest BCUT2D eigenvalue weighted by Gasteiger charge is 2.28. The van der Waals surface area contributed by atoms with E-state index in [1.54, 1.807) is 18.3 Å². The number of fused-ring (bicyclic) bond motifs is 1. The maximum Gasteiger partial charge on any atom is 0.316 e. The van der Waals surface area contributed by atoms with Crippen LogP contribution in [0.4, 0.5) is 14.9 Å². The Labute approximate surface area is 136 Å². The van der Waals surface area contributed by atoms with E-state index in [-0.39, 0.29) is 5.69 Å². The molecule has 0 unspecified atom stereocenters. The Morgan fingerprint density at radius 3 is 2.92 bits per heavy atom. The Bertz CT molecular complexity index is 933. The number of nitrogens with zero attached hydrogens (tertiary/aromatic N) is 1. The molecule has 3 aromatic rings. The predicted octanol–water partition coefficient (Wildman–Crippen LogP) is 3.86. The quantitative estimate of drug-likeness (QED) is 0.679. The molecule has 7 heteroatoms. The highest BCUT2D eigenvalue weighted by molar-refractivity contribution is 5.88. The van der Waals surface area contributed by atoms with Crippen molar-refractivity contribution in [2.45, 2.75) is 18.8 Å². The summed E-state index contributed by atoms with van der Waals surface area (Å²) in [5.74, 6) is 0.869. The summed E-state index contributed by atoms with van der Waals surface area (Å²) in [6.07, 6.45) is 5.92. The molecule has 6 nitrogen and oxygen atoms in total. The van der Waals surface area contributed by atoms with Crippen LogP contribution in [0.3, 0.4) is 0 Å². The molecule has 1 aliphatic rings. The minimum absolute atomic E-state index is 0.00930. The second-order valence-electron chi connectivity index (χ2n) is 5.78. The highest BCUT2D eigenvalue weighted by atomic mass is 19.1. The summed E-state index contributed by atoms with van der Waals surface area (Å²) >= 11 is 0. The number of rotatable bonds is 4. The number of nitrogens with one attached hydrogen (secondary N) is 2. The number of nitrogens with two attached hydrogens (primary N) is 1. The number of hydrogen-bond donors (Lipinski definition) is 3. The molecular formula is C17H15FN4O2. The second kappa shape index (κ2) is 5.52. The molecule has 0 radical (unpaired) electrons. The summed E-state index contributed by atoms with van der Waals surface area (Å²) in [5.41, 5.74) is 6.94. The largest absolute Gasteiger partial charge is 0.456 e. The van der Waals surface area contributed by atoms with Crippen LogP contribution in [0.25, 0.3) is 11.0 Å². The molecule has 1 fully saturated rings. The van der Waals surface area contributed by atoms with Crippen LogP contribution in [0.15, 0.2) is 36.7 Å². The molecule has 24 heavy (non-hydrogen) atoms. The van der Waals surface area contributed by atoms with Gasteiger partial charge in [0.05, 0.1) is 11.1 Å². The van der Waals surface area contributed by atoms with E-state index in [1.807, 2.05) is 6.20 Å². The van der Waals surface area contributed by atoms with Gasteiger partial charge in [-0.3, -0.25) is 0 Å². The number of amides is 2. The third-order valence-corrected chi connectivity index (χ3v) is 4.01. The Kier molecular flexibility index (Phi) is 3.34. The van der Waals surface area contributed by atoms with Gasteiger partial charge in [-0.25, -0.2) is 14.2 Å². The van der Waals surface area contributed by atoms with Crippen molar-refractivity contribution < 1.29 is 13.9 Å². The van der Waals surface area contributed by atoms with E-state index in [2.05, 4.69) is 15.3 Å². The molecule has 4 rings (SSSR count). The van der Waals surface area contributed by atoms with Gasteiger partial charge in [-0.15, -0.1) is 0 Å². The zero-order valence-corrected chi connectivity index (χ0v) is 12.7. The lowest BCUT2D eigenvalue weighted by molar-refractivity contribution is 0.259. The molecule has 4 N–H and O–H groups in total. The Balaban J connectivity index is 1.68. The van der Waals surface area contributed by atoms with Crippen LogP contribution in [-0.2, 0) is 0 Å². The number of pyridine rings is 1. The van der Waals surface area contributed by atoms with Gasteiger partial charge in [0.15, 0.2) is 0 Å². The van der Waals surface area contributed by atoms with Crippen LogP contribution in [0, 0.1) is 5.82 Å². The first-order valence-electron chi connectivity index (χ1n) is 7.61. The molecule has 0 saturated heterocycles. The van der Waals surface area contributed by atoms with E-state index in [0.717, 1.165) is 23.9 Å². The van der Waals surface area contributed by atoms with Crippen molar-refractivity contribution in [1.29, 1.82) is 0 Å². The minimum atomic E-state index is -0.820. The molecule has 2 amide bonds. The summed E-state index contributed by atoms with van der Waals surface area (Å²) in [5, 5.41) is 3.15. The van der Waals surface area contributed by atoms with Gasteiger partial charge in [0, 0.05) is 18.5 Å². The molecule has 0 aliphatic heterocycles. The van der Waals surface area contributed by atoms with E-state index >= 15 is 0 Å². The number of aromatic nitrogens is 2. The SMILES string of the molecule is NC(=O)Nc1ccc(Oc2ccnc3[nH]cc(C4CC4)c23)cc1F. The van der Waals surface area contributed by atoms with E-state index in [1.165, 1.54) is 17.7 Å². The maximum atomic E-state index is 14.0. The van der Waals surface area contributed by atoms with Crippen LogP contribution >= 0.6 is 0 Å². The van der Waals surface area contributed by atoms with Crippen molar-refractivity contribution in [3.05, 3.63) is 48.0 Å². The molecular weight excluding hydrogens is 311 g/mol. The lowest BCUT2D eigenvalue weighted by atomic mass is 10.1. The lowest BCUT2D eigenvalue weighted by Crippen LogP contribution is -2.19. The summed E-state index contributed by atoms with van der Waals surface area (Å²) in [4.78, 5) is 18.3. The fourth-order valence-corrected chi connectivity index (χ4v) is 2.77. The summed E-state index contributed by atoms with van der Waals surface area (Å²) in [7, 11) is 0.